The lowest BCUT2D eigenvalue weighted by molar-refractivity contribution is 0.0475. The van der Waals surface area contributed by atoms with Crippen molar-refractivity contribution in [2.45, 2.75) is 49.9 Å². The summed E-state index contributed by atoms with van der Waals surface area (Å²) < 4.78 is 4.46. The number of amides is 1. The maximum absolute atomic E-state index is 11.3. The maximum atomic E-state index is 11.3. The first-order valence-corrected chi connectivity index (χ1v) is 5.82. The molecule has 14 heavy (non-hydrogen) atoms. The maximum Gasteiger partial charge on any atom is 0.407 e. The van der Waals surface area contributed by atoms with Crippen molar-refractivity contribution in [1.82, 2.24) is 5.32 Å². The minimum absolute atomic E-state index is 0.259. The Morgan fingerprint density at radius 1 is 1.57 bits per heavy atom. The number of alkyl carbamates (subject to hydrolysis) is 1. The SMILES string of the molecule is CC[C@H](NC(=O)OC(C)(C)C)C(O)I. The monoisotopic (exact) mass is 315 g/mol. The van der Waals surface area contributed by atoms with Crippen LogP contribution in [-0.4, -0.2) is 27.0 Å². The molecule has 0 saturated carbocycles. The zero-order valence-electron chi connectivity index (χ0n) is 9.00. The Hall–Kier alpha value is -0.0400. The van der Waals surface area contributed by atoms with Gasteiger partial charge in [-0.2, -0.15) is 0 Å². The second kappa shape index (κ2) is 5.75. The Morgan fingerprint density at radius 3 is 2.36 bits per heavy atom. The molecule has 84 valence electrons. The number of aliphatic hydroxyl groups is 1. The van der Waals surface area contributed by atoms with Crippen LogP contribution >= 0.6 is 22.6 Å². The van der Waals surface area contributed by atoms with E-state index >= 15 is 0 Å². The largest absolute Gasteiger partial charge is 0.444 e. The molecule has 0 aromatic heterocycles. The summed E-state index contributed by atoms with van der Waals surface area (Å²) in [5.41, 5.74) is -0.501. The van der Waals surface area contributed by atoms with E-state index in [2.05, 4.69) is 5.32 Å². The number of ether oxygens (including phenoxy) is 1. The summed E-state index contributed by atoms with van der Waals surface area (Å²) >= 11 is 1.86. The van der Waals surface area contributed by atoms with Crippen molar-refractivity contribution in [3.8, 4) is 0 Å². The van der Waals surface area contributed by atoms with E-state index in [-0.39, 0.29) is 6.04 Å². The molecule has 0 spiro atoms. The van der Waals surface area contributed by atoms with Gasteiger partial charge in [-0.05, 0) is 49.8 Å². The Labute approximate surface area is 98.5 Å². The molecule has 0 aliphatic heterocycles. The minimum atomic E-state index is -0.592. The van der Waals surface area contributed by atoms with Crippen molar-refractivity contribution in [1.29, 1.82) is 0 Å². The van der Waals surface area contributed by atoms with Crippen LogP contribution in [0.1, 0.15) is 34.1 Å². The van der Waals surface area contributed by atoms with Gasteiger partial charge in [-0.15, -0.1) is 0 Å². The summed E-state index contributed by atoms with van der Waals surface area (Å²) in [6, 6.07) is -0.259. The standard InChI is InChI=1S/C9H18INO3/c1-5-6(7(10)12)11-8(13)14-9(2,3)4/h6-7,12H,5H2,1-4H3,(H,11,13)/t6-,7?/m0/s1. The summed E-state index contributed by atoms with van der Waals surface area (Å²) in [6.45, 7) is 7.29. The number of carbonyl (C=O) groups excluding carboxylic acids is 1. The van der Waals surface area contributed by atoms with Gasteiger partial charge in [0, 0.05) is 0 Å². The number of carbonyl (C=O) groups is 1. The van der Waals surface area contributed by atoms with Crippen LogP contribution in [0.4, 0.5) is 4.79 Å². The Balaban J connectivity index is 4.04. The van der Waals surface area contributed by atoms with Gasteiger partial charge in [-0.3, -0.25) is 0 Å². The molecule has 0 aliphatic rings. The van der Waals surface area contributed by atoms with Gasteiger partial charge in [0.2, 0.25) is 0 Å². The quantitative estimate of drug-likeness (QED) is 0.619. The molecule has 1 unspecified atom stereocenters. The highest BCUT2D eigenvalue weighted by molar-refractivity contribution is 14.1. The average Bonchev–Trinajstić information content (AvgIpc) is 1.96. The van der Waals surface area contributed by atoms with Gasteiger partial charge in [0.25, 0.3) is 0 Å². The number of halogens is 1. The molecule has 4 nitrogen and oxygen atoms in total. The van der Waals surface area contributed by atoms with Crippen molar-refractivity contribution in [3.05, 3.63) is 0 Å². The summed E-state index contributed by atoms with van der Waals surface area (Å²) in [5, 5.41) is 11.9. The lowest BCUT2D eigenvalue weighted by Gasteiger charge is -2.23. The van der Waals surface area contributed by atoms with E-state index in [1.807, 2.05) is 29.5 Å². The fraction of sp³-hybridized carbons (Fsp3) is 0.889. The van der Waals surface area contributed by atoms with Crippen molar-refractivity contribution < 1.29 is 14.6 Å². The molecular formula is C9H18INO3. The summed E-state index contributed by atoms with van der Waals surface area (Å²) in [6.07, 6.45) is 0.184. The molecule has 0 radical (unpaired) electrons. The number of nitrogens with one attached hydrogen (secondary N) is 1. The van der Waals surface area contributed by atoms with Crippen molar-refractivity contribution in [3.63, 3.8) is 0 Å². The van der Waals surface area contributed by atoms with Gasteiger partial charge >= 0.3 is 6.09 Å². The fourth-order valence-corrected chi connectivity index (χ4v) is 1.51. The van der Waals surface area contributed by atoms with Crippen molar-refractivity contribution in [2.24, 2.45) is 0 Å². The van der Waals surface area contributed by atoms with E-state index in [4.69, 9.17) is 4.74 Å². The highest BCUT2D eigenvalue weighted by Crippen LogP contribution is 2.10. The molecule has 5 heteroatoms. The summed E-state index contributed by atoms with van der Waals surface area (Å²) in [5.74, 6) is 0. The van der Waals surface area contributed by atoms with Crippen LogP contribution in [0.25, 0.3) is 0 Å². The van der Waals surface area contributed by atoms with Crippen LogP contribution < -0.4 is 5.32 Å². The smallest absolute Gasteiger partial charge is 0.407 e. The molecule has 0 aromatic carbocycles. The summed E-state index contributed by atoms with van der Waals surface area (Å²) in [4.78, 5) is 11.3. The summed E-state index contributed by atoms with van der Waals surface area (Å²) in [7, 11) is 0. The van der Waals surface area contributed by atoms with Crippen LogP contribution in [0.15, 0.2) is 0 Å². The van der Waals surface area contributed by atoms with Crippen molar-refractivity contribution in [2.75, 3.05) is 0 Å². The predicted octanol–water partition coefficient (Wildman–Crippen LogP) is 2.04. The highest BCUT2D eigenvalue weighted by atomic mass is 127. The van der Waals surface area contributed by atoms with Crippen LogP contribution in [0, 0.1) is 0 Å². The van der Waals surface area contributed by atoms with Gasteiger partial charge in [-0.1, -0.05) is 6.92 Å². The van der Waals surface area contributed by atoms with E-state index in [9.17, 15) is 9.90 Å². The van der Waals surface area contributed by atoms with Crippen LogP contribution in [0.2, 0.25) is 0 Å². The average molecular weight is 315 g/mol. The first-order chi connectivity index (χ1) is 6.26. The van der Waals surface area contributed by atoms with E-state index in [0.29, 0.717) is 6.42 Å². The zero-order chi connectivity index (χ0) is 11.4. The van der Waals surface area contributed by atoms with Gasteiger partial charge in [0.1, 0.15) is 9.71 Å². The minimum Gasteiger partial charge on any atom is -0.444 e. The number of hydrogen-bond acceptors (Lipinski definition) is 3. The normalized spacial score (nSPS) is 15.9. The van der Waals surface area contributed by atoms with Gasteiger partial charge in [-0.25, -0.2) is 4.79 Å². The topological polar surface area (TPSA) is 58.6 Å². The van der Waals surface area contributed by atoms with Crippen molar-refractivity contribution >= 4 is 28.7 Å². The molecule has 2 atom stereocenters. The molecule has 0 rings (SSSR count). The molecule has 0 aromatic rings. The van der Waals surface area contributed by atoms with E-state index in [1.54, 1.807) is 20.8 Å². The molecule has 0 saturated heterocycles. The first kappa shape index (κ1) is 14.0. The zero-order valence-corrected chi connectivity index (χ0v) is 11.2. The number of hydrogen-bond donors (Lipinski definition) is 2. The van der Waals surface area contributed by atoms with Gasteiger partial charge < -0.3 is 15.2 Å². The first-order valence-electron chi connectivity index (χ1n) is 4.58. The molecular weight excluding hydrogens is 297 g/mol. The number of alkyl halides is 1. The second-order valence-corrected chi connectivity index (χ2v) is 5.31. The molecule has 0 heterocycles. The third-order valence-electron chi connectivity index (χ3n) is 1.47. The predicted molar refractivity (Wildman–Crippen MR) is 63.5 cm³/mol. The van der Waals surface area contributed by atoms with Crippen LogP contribution in [0.5, 0.6) is 0 Å². The molecule has 0 aliphatic carbocycles. The Kier molecular flexibility index (Phi) is 5.73. The van der Waals surface area contributed by atoms with Gasteiger partial charge in [0.15, 0.2) is 0 Å². The number of aliphatic hydroxyl groups excluding tert-OH is 1. The molecule has 0 fully saturated rings. The van der Waals surface area contributed by atoms with E-state index < -0.39 is 15.8 Å². The molecule has 1 amide bonds. The van der Waals surface area contributed by atoms with E-state index in [0.717, 1.165) is 0 Å². The lowest BCUT2D eigenvalue weighted by atomic mass is 10.2. The highest BCUT2D eigenvalue weighted by Gasteiger charge is 2.21. The Morgan fingerprint density at radius 2 is 2.07 bits per heavy atom. The third kappa shape index (κ3) is 6.42. The molecule has 2 N–H and O–H groups in total. The third-order valence-corrected chi connectivity index (χ3v) is 2.34. The lowest BCUT2D eigenvalue weighted by Crippen LogP contribution is -2.43. The van der Waals surface area contributed by atoms with Crippen LogP contribution in [0.3, 0.4) is 0 Å². The fourth-order valence-electron chi connectivity index (χ4n) is 0.824. The van der Waals surface area contributed by atoms with Gasteiger partial charge in [0.05, 0.1) is 6.04 Å². The second-order valence-electron chi connectivity index (χ2n) is 4.03. The van der Waals surface area contributed by atoms with Crippen LogP contribution in [-0.2, 0) is 4.74 Å². The number of rotatable bonds is 3. The Bertz CT molecular complexity index is 189. The molecule has 0 bridgehead atoms. The van der Waals surface area contributed by atoms with E-state index in [1.165, 1.54) is 0 Å².